The van der Waals surface area contributed by atoms with Crippen molar-refractivity contribution in [2.24, 2.45) is 0 Å². The van der Waals surface area contributed by atoms with Crippen molar-refractivity contribution in [2.45, 2.75) is 19.9 Å². The van der Waals surface area contributed by atoms with Gasteiger partial charge < -0.3 is 15.3 Å². The molecule has 0 spiro atoms. The molecule has 0 aliphatic heterocycles. The Hall–Kier alpha value is -2.07. The number of nitrogens with one attached hydrogen (secondary N) is 1. The summed E-state index contributed by atoms with van der Waals surface area (Å²) in [4.78, 5) is 13.5. The van der Waals surface area contributed by atoms with Crippen LogP contribution in [0.2, 0.25) is 0 Å². The lowest BCUT2D eigenvalue weighted by Gasteiger charge is -2.28. The number of benzene rings is 2. The van der Waals surface area contributed by atoms with Crippen LogP contribution >= 0.6 is 0 Å². The summed E-state index contributed by atoms with van der Waals surface area (Å²) in [5, 5.41) is 14.7. The van der Waals surface area contributed by atoms with Crippen LogP contribution in [0.25, 0.3) is 10.8 Å². The van der Waals surface area contributed by atoms with Gasteiger partial charge in [-0.15, -0.1) is 0 Å². The minimum absolute atomic E-state index is 0.452. The van der Waals surface area contributed by atoms with Gasteiger partial charge in [0, 0.05) is 24.2 Å². The standard InChI is InChI=1S/C17H22N2O2/c1-3-18-15(17(20)21)12-19(4-2)16-11-7-9-13-8-5-6-10-14(13)16/h5-11,15,18H,3-4,12H2,1-2H3,(H,20,21). The third-order valence-corrected chi connectivity index (χ3v) is 3.64. The minimum Gasteiger partial charge on any atom is -0.480 e. The van der Waals surface area contributed by atoms with Crippen molar-refractivity contribution in [3.63, 3.8) is 0 Å². The van der Waals surface area contributed by atoms with Crippen LogP contribution in [0.5, 0.6) is 0 Å². The smallest absolute Gasteiger partial charge is 0.322 e. The molecule has 0 bridgehead atoms. The number of carbonyl (C=O) groups is 1. The first kappa shape index (κ1) is 15.3. The molecule has 4 nitrogen and oxygen atoms in total. The molecule has 0 amide bonds. The second-order valence-electron chi connectivity index (χ2n) is 4.99. The SMILES string of the molecule is CCNC(CN(CC)c1cccc2ccccc12)C(=O)O. The maximum absolute atomic E-state index is 11.3. The number of anilines is 1. The van der Waals surface area contributed by atoms with Gasteiger partial charge in [-0.1, -0.05) is 43.3 Å². The van der Waals surface area contributed by atoms with Gasteiger partial charge in [-0.3, -0.25) is 4.79 Å². The third-order valence-electron chi connectivity index (χ3n) is 3.64. The largest absolute Gasteiger partial charge is 0.480 e. The molecule has 0 saturated carbocycles. The van der Waals surface area contributed by atoms with E-state index in [0.29, 0.717) is 13.1 Å². The zero-order valence-electron chi connectivity index (χ0n) is 12.5. The third kappa shape index (κ3) is 3.52. The number of hydrogen-bond acceptors (Lipinski definition) is 3. The Bertz CT molecular complexity index is 607. The van der Waals surface area contributed by atoms with Crippen molar-refractivity contribution in [3.8, 4) is 0 Å². The Morgan fingerprint density at radius 2 is 1.90 bits per heavy atom. The van der Waals surface area contributed by atoms with Crippen molar-refractivity contribution in [1.29, 1.82) is 0 Å². The summed E-state index contributed by atoms with van der Waals surface area (Å²) in [6.45, 7) is 5.83. The van der Waals surface area contributed by atoms with Crippen molar-refractivity contribution < 1.29 is 9.90 Å². The molecule has 1 atom stereocenters. The molecular weight excluding hydrogens is 264 g/mol. The van der Waals surface area contributed by atoms with Crippen LogP contribution in [0.1, 0.15) is 13.8 Å². The number of aliphatic carboxylic acids is 1. The Morgan fingerprint density at radius 3 is 2.57 bits per heavy atom. The first-order chi connectivity index (χ1) is 10.2. The summed E-state index contributed by atoms with van der Waals surface area (Å²) in [6.07, 6.45) is 0. The first-order valence-corrected chi connectivity index (χ1v) is 7.36. The first-order valence-electron chi connectivity index (χ1n) is 7.36. The lowest BCUT2D eigenvalue weighted by atomic mass is 10.1. The number of carboxylic acid groups (broad SMARTS) is 1. The second-order valence-corrected chi connectivity index (χ2v) is 4.99. The van der Waals surface area contributed by atoms with E-state index in [4.69, 9.17) is 0 Å². The highest BCUT2D eigenvalue weighted by Gasteiger charge is 2.20. The molecule has 0 aromatic heterocycles. The quantitative estimate of drug-likeness (QED) is 0.822. The zero-order chi connectivity index (χ0) is 15.2. The van der Waals surface area contributed by atoms with Gasteiger partial charge in [-0.05, 0) is 24.9 Å². The van der Waals surface area contributed by atoms with E-state index in [1.807, 2.05) is 32.0 Å². The molecule has 112 valence electrons. The van der Waals surface area contributed by atoms with Gasteiger partial charge in [0.2, 0.25) is 0 Å². The van der Waals surface area contributed by atoms with Crippen molar-refractivity contribution >= 4 is 22.4 Å². The maximum Gasteiger partial charge on any atom is 0.322 e. The predicted molar refractivity (Wildman–Crippen MR) is 86.9 cm³/mol. The highest BCUT2D eigenvalue weighted by molar-refractivity contribution is 5.94. The predicted octanol–water partition coefficient (Wildman–Crippen LogP) is 2.73. The average Bonchev–Trinajstić information content (AvgIpc) is 2.51. The summed E-state index contributed by atoms with van der Waals surface area (Å²) in [5.74, 6) is -0.810. The van der Waals surface area contributed by atoms with E-state index in [1.165, 1.54) is 5.39 Å². The van der Waals surface area contributed by atoms with Crippen LogP contribution in [0.3, 0.4) is 0 Å². The number of likely N-dealkylation sites (N-methyl/N-ethyl adjacent to an activating group) is 2. The van der Waals surface area contributed by atoms with Crippen LogP contribution < -0.4 is 10.2 Å². The highest BCUT2D eigenvalue weighted by atomic mass is 16.4. The normalized spacial score (nSPS) is 12.3. The van der Waals surface area contributed by atoms with E-state index >= 15 is 0 Å². The molecule has 2 aromatic rings. The Kier molecular flexibility index (Phi) is 5.17. The topological polar surface area (TPSA) is 52.6 Å². The van der Waals surface area contributed by atoms with Crippen molar-refractivity contribution in [2.75, 3.05) is 24.5 Å². The maximum atomic E-state index is 11.3. The van der Waals surface area contributed by atoms with Gasteiger partial charge >= 0.3 is 5.97 Å². The van der Waals surface area contributed by atoms with E-state index in [2.05, 4.69) is 34.5 Å². The van der Waals surface area contributed by atoms with Crippen LogP contribution in [0.4, 0.5) is 5.69 Å². The van der Waals surface area contributed by atoms with Crippen LogP contribution in [0.15, 0.2) is 42.5 Å². The van der Waals surface area contributed by atoms with Crippen molar-refractivity contribution in [1.82, 2.24) is 5.32 Å². The Labute approximate surface area is 125 Å². The van der Waals surface area contributed by atoms with E-state index in [-0.39, 0.29) is 0 Å². The minimum atomic E-state index is -0.810. The lowest BCUT2D eigenvalue weighted by molar-refractivity contribution is -0.139. The molecule has 0 aliphatic rings. The van der Waals surface area contributed by atoms with Crippen molar-refractivity contribution in [3.05, 3.63) is 42.5 Å². The highest BCUT2D eigenvalue weighted by Crippen LogP contribution is 2.26. The molecule has 0 radical (unpaired) electrons. The molecule has 0 aliphatic carbocycles. The summed E-state index contributed by atoms with van der Waals surface area (Å²) in [7, 11) is 0. The van der Waals surface area contributed by atoms with Gasteiger partial charge in [0.25, 0.3) is 0 Å². The fraction of sp³-hybridized carbons (Fsp3) is 0.353. The molecule has 2 aromatic carbocycles. The van der Waals surface area contributed by atoms with Gasteiger partial charge in [0.05, 0.1) is 0 Å². The lowest BCUT2D eigenvalue weighted by Crippen LogP contribution is -2.46. The van der Waals surface area contributed by atoms with E-state index in [1.54, 1.807) is 0 Å². The fourth-order valence-corrected chi connectivity index (χ4v) is 2.58. The fourth-order valence-electron chi connectivity index (χ4n) is 2.58. The summed E-state index contributed by atoms with van der Waals surface area (Å²) in [6, 6.07) is 13.8. The molecule has 21 heavy (non-hydrogen) atoms. The molecule has 2 rings (SSSR count). The van der Waals surface area contributed by atoms with Gasteiger partial charge in [-0.25, -0.2) is 0 Å². The number of rotatable bonds is 7. The van der Waals surface area contributed by atoms with Crippen LogP contribution in [0, 0.1) is 0 Å². The second kappa shape index (κ2) is 7.09. The summed E-state index contributed by atoms with van der Waals surface area (Å²) in [5.41, 5.74) is 1.08. The van der Waals surface area contributed by atoms with E-state index in [0.717, 1.165) is 17.6 Å². The monoisotopic (exact) mass is 286 g/mol. The summed E-state index contributed by atoms with van der Waals surface area (Å²) >= 11 is 0. The number of nitrogens with zero attached hydrogens (tertiary/aromatic N) is 1. The Balaban J connectivity index is 2.33. The Morgan fingerprint density at radius 1 is 1.19 bits per heavy atom. The van der Waals surface area contributed by atoms with Gasteiger partial charge in [-0.2, -0.15) is 0 Å². The molecule has 0 fully saturated rings. The number of hydrogen-bond donors (Lipinski definition) is 2. The van der Waals surface area contributed by atoms with Gasteiger partial charge in [0.15, 0.2) is 0 Å². The van der Waals surface area contributed by atoms with E-state index in [9.17, 15) is 9.90 Å². The molecule has 0 heterocycles. The average molecular weight is 286 g/mol. The summed E-state index contributed by atoms with van der Waals surface area (Å²) < 4.78 is 0. The molecular formula is C17H22N2O2. The molecule has 2 N–H and O–H groups in total. The molecule has 4 heteroatoms. The number of carboxylic acids is 1. The van der Waals surface area contributed by atoms with Gasteiger partial charge in [0.1, 0.15) is 6.04 Å². The van der Waals surface area contributed by atoms with E-state index < -0.39 is 12.0 Å². The molecule has 0 saturated heterocycles. The van der Waals surface area contributed by atoms with Crippen LogP contribution in [-0.2, 0) is 4.79 Å². The zero-order valence-corrected chi connectivity index (χ0v) is 12.5. The molecule has 1 unspecified atom stereocenters. The van der Waals surface area contributed by atoms with Crippen LogP contribution in [-0.4, -0.2) is 36.8 Å². The number of fused-ring (bicyclic) bond motifs is 1.